The summed E-state index contributed by atoms with van der Waals surface area (Å²) in [4.78, 5) is 16.3. The van der Waals surface area contributed by atoms with Gasteiger partial charge >= 0.3 is 6.03 Å². The molecule has 0 aromatic carbocycles. The van der Waals surface area contributed by atoms with E-state index >= 15 is 0 Å². The average Bonchev–Trinajstić information content (AvgIpc) is 2.99. The normalized spacial score (nSPS) is 16.1. The van der Waals surface area contributed by atoms with Crippen molar-refractivity contribution in [2.45, 2.75) is 52.1 Å². The number of amides is 2. The van der Waals surface area contributed by atoms with Crippen LogP contribution in [0.4, 0.5) is 9.93 Å². The molecule has 0 spiro atoms. The van der Waals surface area contributed by atoms with Crippen molar-refractivity contribution in [2.24, 2.45) is 5.41 Å². The van der Waals surface area contributed by atoms with Crippen LogP contribution < -0.4 is 10.6 Å². The molecule has 0 saturated heterocycles. The number of rotatable bonds is 5. The van der Waals surface area contributed by atoms with E-state index in [-0.39, 0.29) is 17.5 Å². The molecule has 0 bridgehead atoms. The molecule has 1 aliphatic carbocycles. The van der Waals surface area contributed by atoms with Gasteiger partial charge in [0.25, 0.3) is 0 Å². The summed E-state index contributed by atoms with van der Waals surface area (Å²) in [6, 6.07) is -0.281. The van der Waals surface area contributed by atoms with E-state index in [9.17, 15) is 4.79 Å². The van der Waals surface area contributed by atoms with Crippen molar-refractivity contribution in [3.63, 3.8) is 0 Å². The Kier molecular flexibility index (Phi) is 4.34. The maximum atomic E-state index is 12.3. The third-order valence-corrected chi connectivity index (χ3v) is 4.89. The van der Waals surface area contributed by atoms with Gasteiger partial charge in [0.05, 0.1) is 12.4 Å². The first kappa shape index (κ1) is 15.9. The zero-order chi connectivity index (χ0) is 16.4. The first-order valence-electron chi connectivity index (χ1n) is 7.78. The Labute approximate surface area is 139 Å². The Bertz CT molecular complexity index is 656. The van der Waals surface area contributed by atoms with Crippen LogP contribution in [0.2, 0.25) is 0 Å². The lowest BCUT2D eigenvalue weighted by Crippen LogP contribution is -2.47. The molecule has 124 valence electrons. The van der Waals surface area contributed by atoms with Gasteiger partial charge in [0.1, 0.15) is 5.01 Å². The standard InChI is InChI=1S/C15H22N6OS/c1-15(2,3)11(8-21-7-6-16-9-21)17-13(22)18-14-20-19-12(23-14)10-4-5-10/h6-7,9-11H,4-5,8H2,1-3H3,(H2,17,18,20,22)/t11-/m0/s1. The van der Waals surface area contributed by atoms with Crippen LogP contribution in [-0.2, 0) is 6.54 Å². The highest BCUT2D eigenvalue weighted by Crippen LogP contribution is 2.42. The number of aromatic nitrogens is 4. The van der Waals surface area contributed by atoms with Crippen molar-refractivity contribution in [3.8, 4) is 0 Å². The molecular weight excluding hydrogens is 312 g/mol. The molecule has 8 heteroatoms. The van der Waals surface area contributed by atoms with Gasteiger partial charge in [0.2, 0.25) is 5.13 Å². The highest BCUT2D eigenvalue weighted by Gasteiger charge is 2.29. The smallest absolute Gasteiger partial charge is 0.321 e. The lowest BCUT2D eigenvalue weighted by Gasteiger charge is -2.31. The largest absolute Gasteiger partial charge is 0.335 e. The maximum absolute atomic E-state index is 12.3. The van der Waals surface area contributed by atoms with Gasteiger partial charge in [-0.05, 0) is 18.3 Å². The number of hydrogen-bond donors (Lipinski definition) is 2. The predicted molar refractivity (Wildman–Crippen MR) is 89.5 cm³/mol. The highest BCUT2D eigenvalue weighted by molar-refractivity contribution is 7.15. The lowest BCUT2D eigenvalue weighted by atomic mass is 9.86. The van der Waals surface area contributed by atoms with Gasteiger partial charge in [-0.3, -0.25) is 5.32 Å². The van der Waals surface area contributed by atoms with Gasteiger partial charge in [-0.2, -0.15) is 0 Å². The molecule has 2 amide bonds. The maximum Gasteiger partial charge on any atom is 0.321 e. The molecule has 2 aromatic heterocycles. The summed E-state index contributed by atoms with van der Waals surface area (Å²) >= 11 is 1.46. The van der Waals surface area contributed by atoms with Crippen LogP contribution in [0.3, 0.4) is 0 Å². The number of nitrogens with one attached hydrogen (secondary N) is 2. The number of urea groups is 1. The predicted octanol–water partition coefficient (Wildman–Crippen LogP) is 2.85. The Morgan fingerprint density at radius 1 is 1.43 bits per heavy atom. The SMILES string of the molecule is CC(C)(C)[C@H](Cn1ccnc1)NC(=O)Nc1nnc(C2CC2)s1. The zero-order valence-corrected chi connectivity index (χ0v) is 14.4. The van der Waals surface area contributed by atoms with Gasteiger partial charge in [-0.1, -0.05) is 32.1 Å². The number of imidazole rings is 1. The van der Waals surface area contributed by atoms with Crippen LogP contribution in [0.5, 0.6) is 0 Å². The van der Waals surface area contributed by atoms with E-state index in [1.54, 1.807) is 12.5 Å². The summed E-state index contributed by atoms with van der Waals surface area (Å²) in [5.74, 6) is 0.551. The third-order valence-electron chi connectivity index (χ3n) is 3.89. The van der Waals surface area contributed by atoms with Crippen molar-refractivity contribution in [1.29, 1.82) is 0 Å². The number of nitrogens with zero attached hydrogens (tertiary/aromatic N) is 4. The van der Waals surface area contributed by atoms with Gasteiger partial charge in [0.15, 0.2) is 0 Å². The minimum atomic E-state index is -0.247. The Hall–Kier alpha value is -1.96. The summed E-state index contributed by atoms with van der Waals surface area (Å²) < 4.78 is 1.96. The van der Waals surface area contributed by atoms with Gasteiger partial charge in [-0.15, -0.1) is 10.2 Å². The van der Waals surface area contributed by atoms with Gasteiger partial charge < -0.3 is 9.88 Å². The van der Waals surface area contributed by atoms with E-state index in [4.69, 9.17) is 0 Å². The minimum absolute atomic E-state index is 0.0347. The second-order valence-electron chi connectivity index (χ2n) is 7.00. The van der Waals surface area contributed by atoms with E-state index in [2.05, 4.69) is 46.6 Å². The lowest BCUT2D eigenvalue weighted by molar-refractivity contribution is 0.218. The van der Waals surface area contributed by atoms with Gasteiger partial charge in [-0.25, -0.2) is 9.78 Å². The highest BCUT2D eigenvalue weighted by atomic mass is 32.1. The van der Waals surface area contributed by atoms with Crippen molar-refractivity contribution >= 4 is 22.5 Å². The van der Waals surface area contributed by atoms with Crippen molar-refractivity contribution in [3.05, 3.63) is 23.7 Å². The quantitative estimate of drug-likeness (QED) is 0.880. The topological polar surface area (TPSA) is 84.7 Å². The number of carbonyl (C=O) groups is 1. The molecule has 3 rings (SSSR count). The van der Waals surface area contributed by atoms with Crippen molar-refractivity contribution in [2.75, 3.05) is 5.32 Å². The Balaban J connectivity index is 1.60. The molecule has 23 heavy (non-hydrogen) atoms. The Morgan fingerprint density at radius 2 is 2.22 bits per heavy atom. The second-order valence-corrected chi connectivity index (χ2v) is 8.01. The number of anilines is 1. The monoisotopic (exact) mass is 334 g/mol. The van der Waals surface area contributed by atoms with Crippen LogP contribution in [0.15, 0.2) is 18.7 Å². The van der Waals surface area contributed by atoms with Crippen LogP contribution in [0, 0.1) is 5.41 Å². The summed E-state index contributed by atoms with van der Waals surface area (Å²) in [6.45, 7) is 6.97. The molecule has 2 heterocycles. The molecular formula is C15H22N6OS. The Morgan fingerprint density at radius 3 is 2.83 bits per heavy atom. The number of hydrogen-bond acceptors (Lipinski definition) is 5. The molecule has 1 aliphatic rings. The third kappa shape index (κ3) is 4.28. The summed E-state index contributed by atoms with van der Waals surface area (Å²) in [6.07, 6.45) is 7.74. The van der Waals surface area contributed by atoms with Crippen LogP contribution in [-0.4, -0.2) is 31.8 Å². The summed E-state index contributed by atoms with van der Waals surface area (Å²) in [5.41, 5.74) is -0.0814. The average molecular weight is 334 g/mol. The summed E-state index contributed by atoms with van der Waals surface area (Å²) in [7, 11) is 0. The molecule has 1 saturated carbocycles. The molecule has 2 N–H and O–H groups in total. The molecule has 1 fully saturated rings. The molecule has 0 unspecified atom stereocenters. The number of carbonyl (C=O) groups excluding carboxylic acids is 1. The molecule has 2 aromatic rings. The van der Waals surface area contributed by atoms with E-state index in [0.717, 1.165) is 5.01 Å². The first-order chi connectivity index (χ1) is 10.9. The van der Waals surface area contributed by atoms with Gasteiger partial charge in [0, 0.05) is 24.9 Å². The fraction of sp³-hybridized carbons (Fsp3) is 0.600. The second kappa shape index (κ2) is 6.27. The van der Waals surface area contributed by atoms with E-state index in [1.165, 1.54) is 24.2 Å². The fourth-order valence-electron chi connectivity index (χ4n) is 2.21. The molecule has 7 nitrogen and oxygen atoms in total. The van der Waals surface area contributed by atoms with Crippen LogP contribution in [0.1, 0.15) is 44.5 Å². The van der Waals surface area contributed by atoms with Crippen molar-refractivity contribution < 1.29 is 4.79 Å². The van der Waals surface area contributed by atoms with E-state index in [0.29, 0.717) is 17.6 Å². The minimum Gasteiger partial charge on any atom is -0.335 e. The van der Waals surface area contributed by atoms with Crippen LogP contribution in [0.25, 0.3) is 0 Å². The fourth-order valence-corrected chi connectivity index (χ4v) is 3.12. The summed E-state index contributed by atoms with van der Waals surface area (Å²) in [5, 5.41) is 15.6. The molecule has 1 atom stereocenters. The van der Waals surface area contributed by atoms with Crippen molar-refractivity contribution in [1.82, 2.24) is 25.1 Å². The molecule has 0 radical (unpaired) electrons. The van der Waals surface area contributed by atoms with Crippen LogP contribution >= 0.6 is 11.3 Å². The van der Waals surface area contributed by atoms with E-state index < -0.39 is 0 Å². The van der Waals surface area contributed by atoms with E-state index in [1.807, 2.05) is 10.8 Å². The zero-order valence-electron chi connectivity index (χ0n) is 13.6. The molecule has 0 aliphatic heterocycles. The first-order valence-corrected chi connectivity index (χ1v) is 8.60.